The molecule has 0 aliphatic rings. The minimum atomic E-state index is -0.641. The number of carbonyl (C=O) groups excluding carboxylic acids is 3. The molecule has 1 aromatic carbocycles. The Kier molecular flexibility index (Phi) is 8.48. The van der Waals surface area contributed by atoms with Crippen LogP contribution in [0.4, 0.5) is 5.00 Å². The van der Waals surface area contributed by atoms with Crippen LogP contribution in [0.1, 0.15) is 49.8 Å². The summed E-state index contributed by atoms with van der Waals surface area (Å²) in [7, 11) is 5.60. The molecule has 0 spiro atoms. The third-order valence-corrected chi connectivity index (χ3v) is 6.13. The molecule has 2 rings (SSSR count). The second-order valence-electron chi connectivity index (χ2n) is 6.60. The molecule has 0 aliphatic carbocycles. The van der Waals surface area contributed by atoms with Gasteiger partial charge in [0.25, 0.3) is 11.8 Å². The number of rotatable bonds is 9. The van der Waals surface area contributed by atoms with Crippen LogP contribution in [-0.2, 0) is 4.74 Å². The van der Waals surface area contributed by atoms with E-state index in [-0.39, 0.29) is 22.0 Å². The summed E-state index contributed by atoms with van der Waals surface area (Å²) in [5, 5.41) is 2.95. The number of ether oxygens (including phenoxy) is 4. The van der Waals surface area contributed by atoms with E-state index in [9.17, 15) is 14.4 Å². The number of hydrogen-bond donors (Lipinski definition) is 1. The number of nitrogens with one attached hydrogen (secondary N) is 1. The first-order chi connectivity index (χ1) is 15.3. The highest BCUT2D eigenvalue weighted by atomic mass is 32.1. The van der Waals surface area contributed by atoms with Gasteiger partial charge in [0.05, 0.1) is 38.9 Å². The number of thiophene rings is 1. The second kappa shape index (κ2) is 10.9. The average molecular weight is 465 g/mol. The molecule has 0 saturated heterocycles. The standard InChI is InChI=1S/C22H28N2O7S/c1-8-24(9-2)21(26)18-12(3)16(22(27)31-7)20(32-18)23-19(25)13-10-14(28-4)17(30-6)15(11-13)29-5/h10-11H,8-9H2,1-7H3,(H,23,25). The molecule has 0 aliphatic heterocycles. The number of anilines is 1. The highest BCUT2D eigenvalue weighted by molar-refractivity contribution is 7.18. The van der Waals surface area contributed by atoms with Gasteiger partial charge in [0.15, 0.2) is 11.5 Å². The van der Waals surface area contributed by atoms with E-state index in [0.717, 1.165) is 11.3 Å². The van der Waals surface area contributed by atoms with Crippen LogP contribution in [0.15, 0.2) is 12.1 Å². The summed E-state index contributed by atoms with van der Waals surface area (Å²) < 4.78 is 20.8. The van der Waals surface area contributed by atoms with E-state index >= 15 is 0 Å². The Bertz CT molecular complexity index is 987. The Labute approximate surface area is 191 Å². The largest absolute Gasteiger partial charge is 0.493 e. The Balaban J connectivity index is 2.52. The highest BCUT2D eigenvalue weighted by Crippen LogP contribution is 2.39. The van der Waals surface area contributed by atoms with E-state index in [4.69, 9.17) is 18.9 Å². The smallest absolute Gasteiger partial charge is 0.341 e. The molecule has 174 valence electrons. The topological polar surface area (TPSA) is 103 Å². The van der Waals surface area contributed by atoms with Gasteiger partial charge < -0.3 is 29.2 Å². The molecular weight excluding hydrogens is 436 g/mol. The van der Waals surface area contributed by atoms with Crippen molar-refractivity contribution in [1.82, 2.24) is 4.90 Å². The molecule has 0 unspecified atom stereocenters. The molecule has 10 heteroatoms. The first-order valence-electron chi connectivity index (χ1n) is 9.90. The molecule has 0 bridgehead atoms. The zero-order valence-electron chi connectivity index (χ0n) is 19.3. The van der Waals surface area contributed by atoms with Crippen LogP contribution in [-0.4, -0.2) is 64.2 Å². The molecule has 1 aromatic heterocycles. The molecule has 0 saturated carbocycles. The van der Waals surface area contributed by atoms with E-state index in [1.165, 1.54) is 40.6 Å². The van der Waals surface area contributed by atoms with Crippen molar-refractivity contribution in [3.63, 3.8) is 0 Å². The van der Waals surface area contributed by atoms with Crippen molar-refractivity contribution >= 4 is 34.1 Å². The zero-order valence-corrected chi connectivity index (χ0v) is 20.1. The minimum Gasteiger partial charge on any atom is -0.493 e. The fourth-order valence-corrected chi connectivity index (χ4v) is 4.35. The molecule has 1 N–H and O–H groups in total. The summed E-state index contributed by atoms with van der Waals surface area (Å²) >= 11 is 1.04. The fourth-order valence-electron chi connectivity index (χ4n) is 3.20. The van der Waals surface area contributed by atoms with Crippen molar-refractivity contribution in [3.8, 4) is 17.2 Å². The Morgan fingerprint density at radius 3 is 1.97 bits per heavy atom. The van der Waals surface area contributed by atoms with Crippen LogP contribution in [0.3, 0.4) is 0 Å². The number of amides is 2. The van der Waals surface area contributed by atoms with Gasteiger partial charge in [-0.1, -0.05) is 0 Å². The molecule has 0 radical (unpaired) electrons. The summed E-state index contributed by atoms with van der Waals surface area (Å²) in [5.41, 5.74) is 0.825. The molecule has 32 heavy (non-hydrogen) atoms. The summed E-state index contributed by atoms with van der Waals surface area (Å²) in [6, 6.07) is 2.99. The Hall–Kier alpha value is -3.27. The van der Waals surface area contributed by atoms with Gasteiger partial charge in [-0.15, -0.1) is 11.3 Å². The van der Waals surface area contributed by atoms with Crippen LogP contribution in [0, 0.1) is 6.92 Å². The molecule has 0 fully saturated rings. The lowest BCUT2D eigenvalue weighted by atomic mass is 10.1. The number of esters is 1. The maximum atomic E-state index is 13.0. The first kappa shape index (κ1) is 25.0. The number of hydrogen-bond acceptors (Lipinski definition) is 8. The average Bonchev–Trinajstić information content (AvgIpc) is 3.13. The number of benzene rings is 1. The Morgan fingerprint density at radius 1 is 0.969 bits per heavy atom. The van der Waals surface area contributed by atoms with Gasteiger partial charge in [-0.3, -0.25) is 9.59 Å². The molecule has 0 atom stereocenters. The number of nitrogens with zero attached hydrogens (tertiary/aromatic N) is 1. The maximum absolute atomic E-state index is 13.0. The van der Waals surface area contributed by atoms with E-state index in [1.807, 2.05) is 13.8 Å². The van der Waals surface area contributed by atoms with E-state index in [1.54, 1.807) is 11.8 Å². The number of methoxy groups -OCH3 is 4. The van der Waals surface area contributed by atoms with Crippen LogP contribution in [0.5, 0.6) is 17.2 Å². The predicted octanol–water partition coefficient (Wildman–Crippen LogP) is 3.60. The van der Waals surface area contributed by atoms with E-state index < -0.39 is 11.9 Å². The molecule has 2 amide bonds. The summed E-state index contributed by atoms with van der Waals surface area (Å²) in [6.45, 7) is 6.45. The summed E-state index contributed by atoms with van der Waals surface area (Å²) in [5.74, 6) is -0.401. The van der Waals surface area contributed by atoms with Crippen molar-refractivity contribution in [1.29, 1.82) is 0 Å². The molecule has 9 nitrogen and oxygen atoms in total. The van der Waals surface area contributed by atoms with Gasteiger partial charge >= 0.3 is 5.97 Å². The summed E-state index contributed by atoms with van der Waals surface area (Å²) in [4.78, 5) is 40.4. The molecular formula is C22H28N2O7S. The third-order valence-electron chi connectivity index (χ3n) is 4.94. The monoisotopic (exact) mass is 464 g/mol. The summed E-state index contributed by atoms with van der Waals surface area (Å²) in [6.07, 6.45) is 0. The van der Waals surface area contributed by atoms with Gasteiger partial charge in [0.1, 0.15) is 5.00 Å². The molecule has 2 aromatic rings. The van der Waals surface area contributed by atoms with Gasteiger partial charge in [0, 0.05) is 18.7 Å². The fraction of sp³-hybridized carbons (Fsp3) is 0.409. The van der Waals surface area contributed by atoms with Crippen molar-refractivity contribution in [2.24, 2.45) is 0 Å². The van der Waals surface area contributed by atoms with E-state index in [2.05, 4.69) is 5.32 Å². The van der Waals surface area contributed by atoms with Gasteiger partial charge in [0.2, 0.25) is 5.75 Å². The predicted molar refractivity (Wildman–Crippen MR) is 122 cm³/mol. The SMILES string of the molecule is CCN(CC)C(=O)c1sc(NC(=O)c2cc(OC)c(OC)c(OC)c2)c(C(=O)OC)c1C. The normalized spacial score (nSPS) is 10.3. The molecule has 1 heterocycles. The van der Waals surface area contributed by atoms with Crippen LogP contribution < -0.4 is 19.5 Å². The van der Waals surface area contributed by atoms with Crippen molar-refractivity contribution in [2.45, 2.75) is 20.8 Å². The van der Waals surface area contributed by atoms with Crippen molar-refractivity contribution in [3.05, 3.63) is 33.7 Å². The van der Waals surface area contributed by atoms with Crippen LogP contribution >= 0.6 is 11.3 Å². The second-order valence-corrected chi connectivity index (χ2v) is 7.62. The Morgan fingerprint density at radius 2 is 1.53 bits per heavy atom. The highest BCUT2D eigenvalue weighted by Gasteiger charge is 2.28. The zero-order chi connectivity index (χ0) is 24.0. The van der Waals surface area contributed by atoms with Gasteiger partial charge in [-0.05, 0) is 38.5 Å². The van der Waals surface area contributed by atoms with E-state index in [0.29, 0.717) is 40.8 Å². The third kappa shape index (κ3) is 4.80. The van der Waals surface area contributed by atoms with Gasteiger partial charge in [-0.25, -0.2) is 4.79 Å². The van der Waals surface area contributed by atoms with Crippen molar-refractivity contribution in [2.75, 3.05) is 46.8 Å². The number of carbonyl (C=O) groups is 3. The lowest BCUT2D eigenvalue weighted by Gasteiger charge is -2.17. The lowest BCUT2D eigenvalue weighted by Crippen LogP contribution is -2.30. The minimum absolute atomic E-state index is 0.147. The lowest BCUT2D eigenvalue weighted by molar-refractivity contribution is 0.0601. The quantitative estimate of drug-likeness (QED) is 0.566. The van der Waals surface area contributed by atoms with Crippen LogP contribution in [0.25, 0.3) is 0 Å². The van der Waals surface area contributed by atoms with Crippen molar-refractivity contribution < 1.29 is 33.3 Å². The first-order valence-corrected chi connectivity index (χ1v) is 10.7. The van der Waals surface area contributed by atoms with Gasteiger partial charge in [-0.2, -0.15) is 0 Å². The maximum Gasteiger partial charge on any atom is 0.341 e. The van der Waals surface area contributed by atoms with Crippen LogP contribution in [0.2, 0.25) is 0 Å².